The van der Waals surface area contributed by atoms with E-state index in [1.807, 2.05) is 69.2 Å². The fourth-order valence-corrected chi connectivity index (χ4v) is 0.472. The largest absolute Gasteiger partial charge is 0.234 e. The highest BCUT2D eigenvalue weighted by Gasteiger charge is 2.18. The Labute approximate surface area is 113 Å². The van der Waals surface area contributed by atoms with Gasteiger partial charge >= 0.3 is 0 Å². The van der Waals surface area contributed by atoms with Crippen LogP contribution >= 0.6 is 0 Å². The van der Waals surface area contributed by atoms with E-state index in [1.165, 1.54) is 0 Å². The summed E-state index contributed by atoms with van der Waals surface area (Å²) in [6, 6.07) is 0. The molecule has 0 N–H and O–H groups in total. The van der Waals surface area contributed by atoms with Crippen LogP contribution < -0.4 is 0 Å². The second kappa shape index (κ2) is 8.86. The average Bonchev–Trinajstić information content (AvgIpc) is 2.10. The summed E-state index contributed by atoms with van der Waals surface area (Å²) in [7, 11) is 0. The van der Waals surface area contributed by atoms with Crippen molar-refractivity contribution in [1.29, 1.82) is 0 Å². The van der Waals surface area contributed by atoms with Gasteiger partial charge < -0.3 is 0 Å². The molecule has 0 radical (unpaired) electrons. The summed E-state index contributed by atoms with van der Waals surface area (Å²) in [5.41, 5.74) is -0.430. The summed E-state index contributed by atoms with van der Waals surface area (Å²) in [5.74, 6) is 0. The Hall–Kier alpha value is -0.160. The summed E-state index contributed by atoms with van der Waals surface area (Å²) < 4.78 is 0. The zero-order valence-corrected chi connectivity index (χ0v) is 13.8. The van der Waals surface area contributed by atoms with Crippen molar-refractivity contribution in [2.75, 3.05) is 0 Å². The van der Waals surface area contributed by atoms with E-state index in [9.17, 15) is 0 Å². The maximum atomic E-state index is 5.09. The van der Waals surface area contributed by atoms with Crippen molar-refractivity contribution in [3.8, 4) is 0 Å². The molecule has 0 rings (SSSR count). The second-order valence-electron chi connectivity index (χ2n) is 6.68. The van der Waals surface area contributed by atoms with Crippen molar-refractivity contribution in [3.63, 3.8) is 0 Å². The first-order chi connectivity index (χ1) is 7.83. The summed E-state index contributed by atoms with van der Waals surface area (Å²) in [6.07, 6.45) is 0.329. The molecule has 0 aliphatic rings. The highest BCUT2D eigenvalue weighted by atomic mass is 17.2. The van der Waals surface area contributed by atoms with Gasteiger partial charge in [-0.15, -0.1) is 0 Å². The van der Waals surface area contributed by atoms with E-state index in [2.05, 4.69) is 0 Å². The quantitative estimate of drug-likeness (QED) is 0.561. The van der Waals surface area contributed by atoms with Crippen molar-refractivity contribution in [1.82, 2.24) is 0 Å². The van der Waals surface area contributed by atoms with Gasteiger partial charge in [-0.05, 0) is 69.2 Å². The van der Waals surface area contributed by atoms with Gasteiger partial charge in [0.25, 0.3) is 0 Å². The standard InChI is InChI=1S/C8H18O2.C6H14O2/c1-7(2,3)9-10-8(4,5)6;1-5(2)7-8-6(3)4/h1-6H3;5-6H,1-4H3. The molecular formula is C14H32O4. The third-order valence-electron chi connectivity index (χ3n) is 0.982. The van der Waals surface area contributed by atoms with Crippen LogP contribution in [-0.4, -0.2) is 23.4 Å². The molecule has 0 atom stereocenters. The molecule has 0 fully saturated rings. The number of hydrogen-bond acceptors (Lipinski definition) is 4. The summed E-state index contributed by atoms with van der Waals surface area (Å²) in [4.78, 5) is 19.8. The third-order valence-corrected chi connectivity index (χ3v) is 0.982. The van der Waals surface area contributed by atoms with Crippen molar-refractivity contribution < 1.29 is 19.6 Å². The van der Waals surface area contributed by atoms with E-state index in [0.717, 1.165) is 0 Å². The molecule has 0 bridgehead atoms. The average molecular weight is 264 g/mol. The van der Waals surface area contributed by atoms with Crippen LogP contribution in [0.2, 0.25) is 0 Å². The molecule has 0 aliphatic heterocycles. The molecule has 0 unspecified atom stereocenters. The Kier molecular flexibility index (Phi) is 9.92. The Morgan fingerprint density at radius 2 is 0.778 bits per heavy atom. The van der Waals surface area contributed by atoms with Gasteiger partial charge in [0.15, 0.2) is 0 Å². The highest BCUT2D eigenvalue weighted by molar-refractivity contribution is 4.58. The fraction of sp³-hybridized carbons (Fsp3) is 1.00. The van der Waals surface area contributed by atoms with Gasteiger partial charge in [-0.1, -0.05) is 0 Å². The van der Waals surface area contributed by atoms with E-state index in [0.29, 0.717) is 0 Å². The van der Waals surface area contributed by atoms with Gasteiger partial charge in [0.05, 0.1) is 23.4 Å². The lowest BCUT2D eigenvalue weighted by molar-refractivity contribution is -0.393. The van der Waals surface area contributed by atoms with Crippen molar-refractivity contribution in [3.05, 3.63) is 0 Å². The number of rotatable bonds is 4. The lowest BCUT2D eigenvalue weighted by Gasteiger charge is -2.24. The Bertz CT molecular complexity index is 165. The lowest BCUT2D eigenvalue weighted by atomic mass is 10.2. The maximum Gasteiger partial charge on any atom is 0.0952 e. The van der Waals surface area contributed by atoms with E-state index in [4.69, 9.17) is 19.6 Å². The van der Waals surface area contributed by atoms with E-state index in [-0.39, 0.29) is 23.4 Å². The van der Waals surface area contributed by atoms with E-state index in [1.54, 1.807) is 0 Å². The molecule has 0 aromatic heterocycles. The molecule has 112 valence electrons. The summed E-state index contributed by atoms with van der Waals surface area (Å²) in [6.45, 7) is 19.5. The second-order valence-corrected chi connectivity index (χ2v) is 6.68. The van der Waals surface area contributed by atoms with Crippen molar-refractivity contribution in [2.45, 2.75) is 92.6 Å². The molecule has 0 saturated carbocycles. The molecule has 0 aliphatic carbocycles. The molecule has 0 aromatic carbocycles. The van der Waals surface area contributed by atoms with Crippen LogP contribution in [0, 0.1) is 0 Å². The first-order valence-corrected chi connectivity index (χ1v) is 6.52. The van der Waals surface area contributed by atoms with Gasteiger partial charge in [0, 0.05) is 0 Å². The minimum Gasteiger partial charge on any atom is -0.234 e. The molecule has 0 heterocycles. The van der Waals surface area contributed by atoms with Gasteiger partial charge in [-0.3, -0.25) is 0 Å². The van der Waals surface area contributed by atoms with Crippen LogP contribution in [0.5, 0.6) is 0 Å². The predicted molar refractivity (Wildman–Crippen MR) is 74.1 cm³/mol. The summed E-state index contributed by atoms with van der Waals surface area (Å²) in [5, 5.41) is 0. The van der Waals surface area contributed by atoms with Crippen molar-refractivity contribution >= 4 is 0 Å². The minimum atomic E-state index is -0.215. The molecule has 0 saturated heterocycles. The zero-order valence-electron chi connectivity index (χ0n) is 13.8. The van der Waals surface area contributed by atoms with Crippen LogP contribution in [0.25, 0.3) is 0 Å². The van der Waals surface area contributed by atoms with Crippen LogP contribution in [0.1, 0.15) is 69.2 Å². The minimum absolute atomic E-state index is 0.164. The van der Waals surface area contributed by atoms with Crippen LogP contribution in [0.4, 0.5) is 0 Å². The third kappa shape index (κ3) is 24.9. The van der Waals surface area contributed by atoms with Gasteiger partial charge in [0.1, 0.15) is 0 Å². The van der Waals surface area contributed by atoms with Crippen LogP contribution in [-0.2, 0) is 19.6 Å². The number of hydrogen-bond donors (Lipinski definition) is 0. The molecule has 4 heteroatoms. The topological polar surface area (TPSA) is 36.9 Å². The van der Waals surface area contributed by atoms with Crippen LogP contribution in [0.3, 0.4) is 0 Å². The smallest absolute Gasteiger partial charge is 0.0952 e. The predicted octanol–water partition coefficient (Wildman–Crippen LogP) is 4.28. The van der Waals surface area contributed by atoms with Gasteiger partial charge in [-0.25, -0.2) is 19.6 Å². The zero-order chi connectivity index (χ0) is 15.0. The summed E-state index contributed by atoms with van der Waals surface area (Å²) >= 11 is 0. The van der Waals surface area contributed by atoms with Gasteiger partial charge in [0.2, 0.25) is 0 Å². The van der Waals surface area contributed by atoms with Gasteiger partial charge in [-0.2, -0.15) is 0 Å². The maximum absolute atomic E-state index is 5.09. The molecule has 4 nitrogen and oxygen atoms in total. The normalized spacial score (nSPS) is 12.7. The Morgan fingerprint density at radius 3 is 0.889 bits per heavy atom. The molecule has 0 aromatic rings. The molecule has 18 heavy (non-hydrogen) atoms. The Morgan fingerprint density at radius 1 is 0.556 bits per heavy atom. The van der Waals surface area contributed by atoms with Crippen LogP contribution in [0.15, 0.2) is 0 Å². The molecule has 0 spiro atoms. The van der Waals surface area contributed by atoms with E-state index < -0.39 is 0 Å². The van der Waals surface area contributed by atoms with Crippen molar-refractivity contribution in [2.24, 2.45) is 0 Å². The molecule has 0 amide bonds. The lowest BCUT2D eigenvalue weighted by Crippen LogP contribution is -2.27. The Balaban J connectivity index is 0. The molecular weight excluding hydrogens is 232 g/mol. The fourth-order valence-electron chi connectivity index (χ4n) is 0.472. The first kappa shape index (κ1) is 20.2. The first-order valence-electron chi connectivity index (χ1n) is 6.52. The monoisotopic (exact) mass is 264 g/mol. The highest BCUT2D eigenvalue weighted by Crippen LogP contribution is 2.14. The SMILES string of the molecule is CC(C)(C)OOC(C)(C)C.CC(C)OOC(C)C. The van der Waals surface area contributed by atoms with E-state index >= 15 is 0 Å².